The number of hydrogen-bond acceptors (Lipinski definition) is 0. The number of rotatable bonds is 7. The molecule has 0 saturated heterocycles. The quantitative estimate of drug-likeness (QED) is 0.438. The Morgan fingerprint density at radius 2 is 1.20 bits per heavy atom. The van der Waals surface area contributed by atoms with Crippen LogP contribution in [0.5, 0.6) is 0 Å². The summed E-state index contributed by atoms with van der Waals surface area (Å²) < 4.78 is 0. The van der Waals surface area contributed by atoms with Crippen molar-refractivity contribution < 1.29 is 0 Å². The normalized spacial score (nSPS) is 11.7. The molecule has 0 N–H and O–H groups in total. The maximum atomic E-state index is 2.53. The summed E-state index contributed by atoms with van der Waals surface area (Å²) >= 11 is 0. The first-order chi connectivity index (χ1) is 12.4. The molecule has 0 saturated carbocycles. The first kappa shape index (κ1) is 17.6. The van der Waals surface area contributed by atoms with E-state index in [1.807, 2.05) is 0 Å². The predicted molar refractivity (Wildman–Crippen MR) is 113 cm³/mol. The van der Waals surface area contributed by atoms with Crippen LogP contribution in [-0.4, -0.2) is 0 Å². The van der Waals surface area contributed by atoms with E-state index in [9.17, 15) is 0 Å². The highest BCUT2D eigenvalue weighted by Gasteiger charge is 2.13. The van der Waals surface area contributed by atoms with Crippen molar-refractivity contribution in [2.24, 2.45) is 0 Å². The lowest BCUT2D eigenvalue weighted by Gasteiger charge is -2.18. The van der Waals surface area contributed by atoms with Crippen molar-refractivity contribution in [2.75, 3.05) is 0 Å². The molecule has 0 nitrogen and oxygen atoms in total. The van der Waals surface area contributed by atoms with Gasteiger partial charge in [-0.05, 0) is 48.3 Å². The lowest BCUT2D eigenvalue weighted by Crippen LogP contribution is -2.10. The maximum absolute atomic E-state index is 2.53. The van der Waals surface area contributed by atoms with Crippen molar-refractivity contribution in [3.8, 4) is 0 Å². The zero-order valence-electron chi connectivity index (χ0n) is 14.8. The van der Waals surface area contributed by atoms with Crippen LogP contribution in [0.25, 0.3) is 5.57 Å². The first-order valence-electron chi connectivity index (χ1n) is 9.04. The molecule has 0 heterocycles. The Balaban J connectivity index is 2.05. The van der Waals surface area contributed by atoms with Crippen LogP contribution in [0.2, 0.25) is 0 Å². The van der Waals surface area contributed by atoms with E-state index >= 15 is 0 Å². The third kappa shape index (κ3) is 4.91. The van der Waals surface area contributed by atoms with Gasteiger partial charge in [-0.15, -0.1) is 0 Å². The Labute approximate surface area is 153 Å². The minimum Gasteiger partial charge on any atom is -0.0654 e. The predicted octanol–water partition coefficient (Wildman–Crippen LogP) is 6.35. The number of allylic oxidation sites excluding steroid dienone is 1. The largest absolute Gasteiger partial charge is 0.0654 e. The molecule has 3 rings (SSSR count). The molecule has 0 bridgehead atoms. The van der Waals surface area contributed by atoms with Gasteiger partial charge in [0.1, 0.15) is 0 Å². The van der Waals surface area contributed by atoms with Crippen LogP contribution in [0, 0.1) is 0 Å². The average Bonchev–Trinajstić information content (AvgIpc) is 2.70. The molecule has 0 radical (unpaired) electrons. The van der Waals surface area contributed by atoms with Gasteiger partial charge in [0.2, 0.25) is 0 Å². The van der Waals surface area contributed by atoms with E-state index in [0.717, 1.165) is 6.42 Å². The molecule has 0 spiro atoms. The zero-order chi connectivity index (χ0) is 17.3. The fraction of sp³-hybridized carbons (Fsp3) is 0.167. The number of hydrogen-bond donors (Lipinski definition) is 0. The summed E-state index contributed by atoms with van der Waals surface area (Å²) in [5.74, 6) is 2.53. The van der Waals surface area contributed by atoms with Gasteiger partial charge < -0.3 is 0 Å². The standard InChI is InChI=1S/C24H25P/c1-2-3-13-22(21-14-7-4-8-15-21)20-25(23-16-9-5-10-17-23)24-18-11-6-12-19-24/h4-12,14-20H,2-3,13H2,1H3. The molecule has 3 aromatic rings. The van der Waals surface area contributed by atoms with Crippen molar-refractivity contribution in [1.29, 1.82) is 0 Å². The molecule has 0 aliphatic rings. The van der Waals surface area contributed by atoms with Gasteiger partial charge in [0, 0.05) is 0 Å². The van der Waals surface area contributed by atoms with E-state index in [0.29, 0.717) is 0 Å². The number of benzene rings is 3. The molecule has 25 heavy (non-hydrogen) atoms. The van der Waals surface area contributed by atoms with Crippen LogP contribution in [0.15, 0.2) is 96.8 Å². The molecule has 0 amide bonds. The summed E-state index contributed by atoms with van der Waals surface area (Å²) in [6.07, 6.45) is 3.59. The summed E-state index contributed by atoms with van der Waals surface area (Å²) in [5.41, 5.74) is 2.83. The van der Waals surface area contributed by atoms with Crippen molar-refractivity contribution in [3.05, 3.63) is 102 Å². The van der Waals surface area contributed by atoms with Gasteiger partial charge >= 0.3 is 0 Å². The van der Waals surface area contributed by atoms with E-state index in [2.05, 4.69) is 104 Å². The van der Waals surface area contributed by atoms with E-state index in [1.165, 1.54) is 34.6 Å². The van der Waals surface area contributed by atoms with Gasteiger partial charge in [-0.3, -0.25) is 0 Å². The molecule has 0 atom stereocenters. The Bertz CT molecular complexity index is 737. The fourth-order valence-electron chi connectivity index (χ4n) is 2.93. The minimum atomic E-state index is -0.492. The van der Waals surface area contributed by atoms with Crippen LogP contribution in [0.1, 0.15) is 31.7 Å². The summed E-state index contributed by atoms with van der Waals surface area (Å²) in [4.78, 5) is 0. The van der Waals surface area contributed by atoms with Crippen LogP contribution in [-0.2, 0) is 0 Å². The average molecular weight is 344 g/mol. The van der Waals surface area contributed by atoms with Gasteiger partial charge in [-0.25, -0.2) is 0 Å². The highest BCUT2D eigenvalue weighted by atomic mass is 31.1. The van der Waals surface area contributed by atoms with E-state index in [4.69, 9.17) is 0 Å². The monoisotopic (exact) mass is 344 g/mol. The molecular weight excluding hydrogens is 319 g/mol. The summed E-state index contributed by atoms with van der Waals surface area (Å²) in [6, 6.07) is 32.7. The molecule has 3 aromatic carbocycles. The summed E-state index contributed by atoms with van der Waals surface area (Å²) in [5, 5.41) is 2.82. The van der Waals surface area contributed by atoms with Crippen LogP contribution in [0.3, 0.4) is 0 Å². The van der Waals surface area contributed by atoms with Gasteiger partial charge in [-0.2, -0.15) is 0 Å². The Morgan fingerprint density at radius 3 is 1.68 bits per heavy atom. The molecule has 0 aliphatic carbocycles. The van der Waals surface area contributed by atoms with E-state index in [1.54, 1.807) is 0 Å². The highest BCUT2D eigenvalue weighted by Crippen LogP contribution is 2.39. The molecule has 126 valence electrons. The first-order valence-corrected chi connectivity index (χ1v) is 10.4. The lowest BCUT2D eigenvalue weighted by atomic mass is 10.0. The fourth-order valence-corrected chi connectivity index (χ4v) is 5.11. The lowest BCUT2D eigenvalue weighted by molar-refractivity contribution is 0.825. The smallest absolute Gasteiger partial charge is 0.0157 e. The van der Waals surface area contributed by atoms with Gasteiger partial charge in [-0.1, -0.05) is 104 Å². The summed E-state index contributed by atoms with van der Waals surface area (Å²) in [6.45, 7) is 2.26. The van der Waals surface area contributed by atoms with Gasteiger partial charge in [0.25, 0.3) is 0 Å². The van der Waals surface area contributed by atoms with E-state index in [-0.39, 0.29) is 0 Å². The van der Waals surface area contributed by atoms with Crippen LogP contribution in [0.4, 0.5) is 0 Å². The van der Waals surface area contributed by atoms with Crippen molar-refractivity contribution in [3.63, 3.8) is 0 Å². The van der Waals surface area contributed by atoms with Gasteiger partial charge in [0.05, 0.1) is 0 Å². The second-order valence-electron chi connectivity index (χ2n) is 6.17. The van der Waals surface area contributed by atoms with Crippen molar-refractivity contribution in [2.45, 2.75) is 26.2 Å². The topological polar surface area (TPSA) is 0 Å². The Hall–Kier alpha value is -2.17. The molecule has 0 fully saturated rings. The second-order valence-corrected chi connectivity index (χ2v) is 8.20. The SMILES string of the molecule is CCCCC(=CP(c1ccccc1)c1ccccc1)c1ccccc1. The van der Waals surface area contributed by atoms with Crippen molar-refractivity contribution >= 4 is 24.1 Å². The highest BCUT2D eigenvalue weighted by molar-refractivity contribution is 7.76. The number of unbranched alkanes of at least 4 members (excludes halogenated alkanes) is 1. The third-order valence-electron chi connectivity index (χ3n) is 4.30. The molecule has 1 heteroatoms. The Morgan fingerprint density at radius 1 is 0.720 bits per heavy atom. The van der Waals surface area contributed by atoms with Crippen LogP contribution >= 0.6 is 7.92 Å². The molecule has 0 unspecified atom stereocenters. The molecule has 0 aliphatic heterocycles. The van der Waals surface area contributed by atoms with Crippen LogP contribution < -0.4 is 10.6 Å². The molecular formula is C24H25P. The van der Waals surface area contributed by atoms with Crippen molar-refractivity contribution in [1.82, 2.24) is 0 Å². The third-order valence-corrected chi connectivity index (χ3v) is 6.58. The summed E-state index contributed by atoms with van der Waals surface area (Å²) in [7, 11) is -0.492. The van der Waals surface area contributed by atoms with E-state index < -0.39 is 7.92 Å². The Kier molecular flexibility index (Phi) is 6.60. The maximum Gasteiger partial charge on any atom is -0.0157 e. The molecule has 0 aromatic heterocycles. The zero-order valence-corrected chi connectivity index (χ0v) is 15.7. The second kappa shape index (κ2) is 9.35. The minimum absolute atomic E-state index is 0.492. The van der Waals surface area contributed by atoms with Gasteiger partial charge in [0.15, 0.2) is 0 Å².